The van der Waals surface area contributed by atoms with Gasteiger partial charge >= 0.3 is 0 Å². The van der Waals surface area contributed by atoms with Crippen molar-refractivity contribution >= 4 is 11.6 Å². The Morgan fingerprint density at radius 2 is 1.23 bits per heavy atom. The molecule has 26 heavy (non-hydrogen) atoms. The monoisotopic (exact) mass is 344 g/mol. The lowest BCUT2D eigenvalue weighted by molar-refractivity contribution is 0.0828. The van der Waals surface area contributed by atoms with Crippen molar-refractivity contribution in [1.29, 1.82) is 0 Å². The van der Waals surface area contributed by atoms with E-state index in [4.69, 9.17) is 0 Å². The smallest absolute Gasteiger partial charge is 0.186 e. The third kappa shape index (κ3) is 1.96. The maximum atomic E-state index is 13.5. The normalized spacial score (nSPS) is 15.1. The molecule has 1 aliphatic rings. The molecule has 0 aromatic heterocycles. The third-order valence-corrected chi connectivity index (χ3v) is 5.03. The van der Waals surface area contributed by atoms with Crippen molar-refractivity contribution in [2.45, 2.75) is 12.3 Å². The van der Waals surface area contributed by atoms with E-state index < -0.39 is 5.41 Å². The largest absolute Gasteiger partial charge is 0.504 e. The predicted molar refractivity (Wildman–Crippen MR) is 96.8 cm³/mol. The molecule has 128 valence electrons. The van der Waals surface area contributed by atoms with Crippen LogP contribution in [0.5, 0.6) is 11.5 Å². The quantitative estimate of drug-likeness (QED) is 0.548. The number of carbonyl (C=O) groups excluding carboxylic acids is 2. The molecule has 4 rings (SSSR count). The second kappa shape index (κ2) is 5.56. The van der Waals surface area contributed by atoms with Crippen LogP contribution in [0.15, 0.2) is 66.7 Å². The maximum Gasteiger partial charge on any atom is 0.186 e. The van der Waals surface area contributed by atoms with Gasteiger partial charge in [-0.2, -0.15) is 0 Å². The van der Waals surface area contributed by atoms with Crippen molar-refractivity contribution in [1.82, 2.24) is 0 Å². The first-order chi connectivity index (χ1) is 12.5. The summed E-state index contributed by atoms with van der Waals surface area (Å²) in [7, 11) is 0. The molecule has 0 spiro atoms. The highest BCUT2D eigenvalue weighted by Crippen LogP contribution is 2.47. The summed E-state index contributed by atoms with van der Waals surface area (Å²) in [4.78, 5) is 27.0. The van der Waals surface area contributed by atoms with E-state index in [0.29, 0.717) is 27.8 Å². The van der Waals surface area contributed by atoms with Crippen LogP contribution >= 0.6 is 0 Å². The predicted octanol–water partition coefficient (Wildman–Crippen LogP) is 3.77. The Hall–Kier alpha value is -3.40. The summed E-state index contributed by atoms with van der Waals surface area (Å²) in [6.07, 6.45) is 0. The second-order valence-corrected chi connectivity index (χ2v) is 6.48. The van der Waals surface area contributed by atoms with E-state index in [0.717, 1.165) is 0 Å². The number of carbonyl (C=O) groups is 2. The second-order valence-electron chi connectivity index (χ2n) is 6.48. The van der Waals surface area contributed by atoms with E-state index in [2.05, 4.69) is 0 Å². The minimum absolute atomic E-state index is 0.287. The summed E-state index contributed by atoms with van der Waals surface area (Å²) in [5.41, 5.74) is 0.644. The van der Waals surface area contributed by atoms with Gasteiger partial charge in [0, 0.05) is 11.1 Å². The summed E-state index contributed by atoms with van der Waals surface area (Å²) >= 11 is 0. The lowest BCUT2D eigenvalue weighted by atomic mass is 9.69. The lowest BCUT2D eigenvalue weighted by Crippen LogP contribution is -2.40. The van der Waals surface area contributed by atoms with E-state index in [1.165, 1.54) is 12.1 Å². The molecule has 0 saturated heterocycles. The highest BCUT2D eigenvalue weighted by atomic mass is 16.3. The van der Waals surface area contributed by atoms with Gasteiger partial charge in [-0.25, -0.2) is 0 Å². The van der Waals surface area contributed by atoms with Crippen LogP contribution in [0, 0.1) is 6.92 Å². The number of rotatable bonds is 2. The Bertz CT molecular complexity index is 1020. The fourth-order valence-corrected chi connectivity index (χ4v) is 3.82. The molecule has 1 aliphatic carbocycles. The molecule has 0 bridgehead atoms. The average molecular weight is 344 g/mol. The first kappa shape index (κ1) is 16.1. The highest BCUT2D eigenvalue weighted by molar-refractivity contribution is 6.35. The number of aromatic hydroxyl groups is 2. The number of aryl methyl sites for hydroxylation is 1. The minimum Gasteiger partial charge on any atom is -0.504 e. The zero-order valence-electron chi connectivity index (χ0n) is 14.1. The fourth-order valence-electron chi connectivity index (χ4n) is 3.82. The van der Waals surface area contributed by atoms with Gasteiger partial charge in [-0.3, -0.25) is 9.59 Å². The number of benzene rings is 3. The molecule has 0 unspecified atom stereocenters. The molecular weight excluding hydrogens is 328 g/mol. The molecule has 0 fully saturated rings. The fraction of sp³-hybridized carbons (Fsp3) is 0.0909. The SMILES string of the molecule is Cc1cc(O)c(O)cc1C1(c2ccccc2)C(=O)c2ccccc2C1=O. The number of Topliss-reactive ketones (excluding diaryl/α,β-unsaturated/α-hetero) is 2. The zero-order chi connectivity index (χ0) is 18.5. The van der Waals surface area contributed by atoms with E-state index in [9.17, 15) is 19.8 Å². The van der Waals surface area contributed by atoms with Crippen LogP contribution in [0.25, 0.3) is 0 Å². The van der Waals surface area contributed by atoms with E-state index in [1.54, 1.807) is 55.5 Å². The van der Waals surface area contributed by atoms with Crippen LogP contribution in [-0.2, 0) is 5.41 Å². The van der Waals surface area contributed by atoms with Crippen molar-refractivity contribution in [3.8, 4) is 11.5 Å². The summed E-state index contributed by atoms with van der Waals surface area (Å²) in [6.45, 7) is 1.71. The maximum absolute atomic E-state index is 13.5. The summed E-state index contributed by atoms with van der Waals surface area (Å²) < 4.78 is 0. The van der Waals surface area contributed by atoms with Crippen molar-refractivity contribution in [3.05, 3.63) is 94.5 Å². The molecule has 0 aliphatic heterocycles. The van der Waals surface area contributed by atoms with Crippen molar-refractivity contribution in [2.75, 3.05) is 0 Å². The van der Waals surface area contributed by atoms with Gasteiger partial charge in [-0.05, 0) is 35.7 Å². The van der Waals surface area contributed by atoms with E-state index in [1.807, 2.05) is 6.07 Å². The first-order valence-electron chi connectivity index (χ1n) is 8.25. The molecule has 4 nitrogen and oxygen atoms in total. The van der Waals surface area contributed by atoms with Gasteiger partial charge in [-0.1, -0.05) is 54.6 Å². The van der Waals surface area contributed by atoms with Gasteiger partial charge in [0.1, 0.15) is 5.41 Å². The number of phenols is 2. The van der Waals surface area contributed by atoms with E-state index >= 15 is 0 Å². The van der Waals surface area contributed by atoms with Crippen molar-refractivity contribution < 1.29 is 19.8 Å². The van der Waals surface area contributed by atoms with Crippen molar-refractivity contribution in [3.63, 3.8) is 0 Å². The number of hydrogen-bond donors (Lipinski definition) is 2. The Balaban J connectivity index is 2.12. The molecule has 0 heterocycles. The number of ketones is 2. The Kier molecular flexibility index (Phi) is 3.44. The van der Waals surface area contributed by atoms with Crippen LogP contribution in [0.3, 0.4) is 0 Å². The Morgan fingerprint density at radius 3 is 1.81 bits per heavy atom. The summed E-state index contributed by atoms with van der Waals surface area (Å²) in [5, 5.41) is 19.9. The van der Waals surface area contributed by atoms with E-state index in [-0.39, 0.29) is 23.1 Å². The number of hydrogen-bond acceptors (Lipinski definition) is 4. The van der Waals surface area contributed by atoms with Gasteiger partial charge in [0.15, 0.2) is 23.1 Å². The Labute approximate surface area is 150 Å². The summed E-state index contributed by atoms with van der Waals surface area (Å²) in [5.74, 6) is -1.29. The zero-order valence-corrected chi connectivity index (χ0v) is 14.1. The Morgan fingerprint density at radius 1 is 0.731 bits per heavy atom. The third-order valence-electron chi connectivity index (χ3n) is 5.03. The van der Waals surface area contributed by atoms with Gasteiger partial charge in [0.2, 0.25) is 0 Å². The van der Waals surface area contributed by atoms with Gasteiger partial charge in [0.25, 0.3) is 0 Å². The van der Waals surface area contributed by atoms with Gasteiger partial charge in [0.05, 0.1) is 0 Å². The molecule has 3 aromatic carbocycles. The van der Waals surface area contributed by atoms with Crippen LogP contribution in [0.2, 0.25) is 0 Å². The van der Waals surface area contributed by atoms with Crippen LogP contribution < -0.4 is 0 Å². The molecular formula is C22H16O4. The number of phenolic OH excluding ortho intramolecular Hbond substituents is 2. The molecule has 0 saturated carbocycles. The lowest BCUT2D eigenvalue weighted by Gasteiger charge is -2.29. The minimum atomic E-state index is -1.57. The first-order valence-corrected chi connectivity index (χ1v) is 8.25. The van der Waals surface area contributed by atoms with Crippen LogP contribution in [-0.4, -0.2) is 21.8 Å². The van der Waals surface area contributed by atoms with Gasteiger partial charge < -0.3 is 10.2 Å². The number of fused-ring (bicyclic) bond motifs is 1. The average Bonchev–Trinajstić information content (AvgIpc) is 2.88. The highest BCUT2D eigenvalue weighted by Gasteiger charge is 2.56. The van der Waals surface area contributed by atoms with Crippen molar-refractivity contribution in [2.24, 2.45) is 0 Å². The van der Waals surface area contributed by atoms with Gasteiger partial charge in [-0.15, -0.1) is 0 Å². The van der Waals surface area contributed by atoms with Crippen LogP contribution in [0.4, 0.5) is 0 Å². The molecule has 0 atom stereocenters. The summed E-state index contributed by atoms with van der Waals surface area (Å²) in [6, 6.07) is 18.3. The van der Waals surface area contributed by atoms with Crippen LogP contribution in [0.1, 0.15) is 37.4 Å². The topological polar surface area (TPSA) is 74.6 Å². The molecule has 3 aromatic rings. The molecule has 0 amide bonds. The molecule has 0 radical (unpaired) electrons. The molecule has 4 heteroatoms. The molecule has 2 N–H and O–H groups in total. The standard InChI is InChI=1S/C22H16O4/c1-13-11-18(23)19(24)12-17(13)22(14-7-3-2-4-8-14)20(25)15-9-5-6-10-16(15)21(22)26/h2-12,23-24H,1H3.